The predicted octanol–water partition coefficient (Wildman–Crippen LogP) is 7.45. The summed E-state index contributed by atoms with van der Waals surface area (Å²) in [5.74, 6) is 16.2. The molecule has 3 unspecified atom stereocenters. The lowest BCUT2D eigenvalue weighted by molar-refractivity contribution is 0.204. The first-order valence-electron chi connectivity index (χ1n) is 16.4. The number of hydrogen-bond acceptors (Lipinski definition) is 6. The van der Waals surface area contributed by atoms with E-state index in [1.54, 1.807) is 0 Å². The number of rotatable bonds is 15. The van der Waals surface area contributed by atoms with Crippen LogP contribution in [0.5, 0.6) is 23.0 Å². The molecule has 6 rings (SSSR count). The molecular weight excluding hydrogens is 588 g/mol. The molecule has 2 saturated heterocycles. The van der Waals surface area contributed by atoms with Gasteiger partial charge in [-0.2, -0.15) is 0 Å². The quantitative estimate of drug-likeness (QED) is 0.0775. The summed E-state index contributed by atoms with van der Waals surface area (Å²) in [5, 5.41) is 0. The topological polar surface area (TPSA) is 62.0 Å². The summed E-state index contributed by atoms with van der Waals surface area (Å²) in [6, 6.07) is 31.6. The molecular formula is C41H40O6. The molecule has 3 atom stereocenters. The van der Waals surface area contributed by atoms with E-state index < -0.39 is 0 Å². The average molecular weight is 629 g/mol. The minimum atomic E-state index is 0.141. The summed E-state index contributed by atoms with van der Waals surface area (Å²) in [6.45, 7) is 5.61. The number of epoxide rings is 2. The molecule has 2 fully saturated rings. The Morgan fingerprint density at radius 1 is 0.532 bits per heavy atom. The molecule has 0 spiro atoms. The van der Waals surface area contributed by atoms with Crippen molar-refractivity contribution in [1.29, 1.82) is 0 Å². The zero-order chi connectivity index (χ0) is 32.1. The highest BCUT2D eigenvalue weighted by atomic mass is 16.6. The first-order valence-corrected chi connectivity index (χ1v) is 16.4. The first kappa shape index (κ1) is 32.1. The molecule has 0 amide bonds. The zero-order valence-corrected chi connectivity index (χ0v) is 26.8. The van der Waals surface area contributed by atoms with E-state index in [0.717, 1.165) is 84.1 Å². The molecule has 4 aromatic carbocycles. The van der Waals surface area contributed by atoms with Gasteiger partial charge in [0.25, 0.3) is 0 Å². The van der Waals surface area contributed by atoms with E-state index in [0.29, 0.717) is 19.8 Å². The summed E-state index contributed by atoms with van der Waals surface area (Å²) < 4.78 is 33.8. The highest BCUT2D eigenvalue weighted by Crippen LogP contribution is 2.19. The van der Waals surface area contributed by atoms with E-state index in [-0.39, 0.29) is 18.3 Å². The van der Waals surface area contributed by atoms with E-state index in [1.165, 1.54) is 0 Å². The van der Waals surface area contributed by atoms with E-state index >= 15 is 0 Å². The summed E-state index contributed by atoms with van der Waals surface area (Å²) in [7, 11) is 0. The molecule has 0 radical (unpaired) electrons. The monoisotopic (exact) mass is 628 g/mol. The molecule has 240 valence electrons. The highest BCUT2D eigenvalue weighted by Gasteiger charge is 2.23. The van der Waals surface area contributed by atoms with Gasteiger partial charge in [-0.1, -0.05) is 23.7 Å². The van der Waals surface area contributed by atoms with Gasteiger partial charge in [0, 0.05) is 22.3 Å². The lowest BCUT2D eigenvalue weighted by Crippen LogP contribution is -2.11. The molecule has 2 aliphatic heterocycles. The van der Waals surface area contributed by atoms with E-state index in [9.17, 15) is 0 Å². The van der Waals surface area contributed by atoms with Crippen molar-refractivity contribution >= 4 is 0 Å². The van der Waals surface area contributed by atoms with Crippen molar-refractivity contribution in [1.82, 2.24) is 0 Å². The van der Waals surface area contributed by atoms with Gasteiger partial charge < -0.3 is 28.4 Å². The van der Waals surface area contributed by atoms with Crippen molar-refractivity contribution < 1.29 is 28.4 Å². The summed E-state index contributed by atoms with van der Waals surface area (Å²) >= 11 is 0. The van der Waals surface area contributed by atoms with Crippen LogP contribution < -0.4 is 18.9 Å². The maximum Gasteiger partial charge on any atom is 0.119 e. The Labute approximate surface area is 277 Å². The predicted molar refractivity (Wildman–Crippen MR) is 182 cm³/mol. The van der Waals surface area contributed by atoms with E-state index in [2.05, 4.69) is 30.6 Å². The van der Waals surface area contributed by atoms with Gasteiger partial charge in [-0.25, -0.2) is 0 Å². The van der Waals surface area contributed by atoms with Crippen LogP contribution in [-0.2, 0) is 9.47 Å². The summed E-state index contributed by atoms with van der Waals surface area (Å²) in [5.41, 5.74) is 3.80. The minimum absolute atomic E-state index is 0.141. The molecule has 2 aliphatic rings. The second kappa shape index (κ2) is 16.6. The van der Waals surface area contributed by atoms with Crippen LogP contribution in [0.3, 0.4) is 0 Å². The van der Waals surface area contributed by atoms with Gasteiger partial charge in [0.15, 0.2) is 0 Å². The molecule has 0 saturated carbocycles. The molecule has 6 nitrogen and oxygen atoms in total. The molecule has 0 aliphatic carbocycles. The van der Waals surface area contributed by atoms with Gasteiger partial charge in [0.2, 0.25) is 0 Å². The van der Waals surface area contributed by atoms with Crippen LogP contribution >= 0.6 is 0 Å². The van der Waals surface area contributed by atoms with Crippen molar-refractivity contribution in [2.45, 2.75) is 50.9 Å². The Morgan fingerprint density at radius 3 is 1.32 bits per heavy atom. The Morgan fingerprint density at radius 2 is 0.915 bits per heavy atom. The number of benzene rings is 4. The third-order valence-electron chi connectivity index (χ3n) is 7.66. The Hall–Kier alpha value is -4.88. The van der Waals surface area contributed by atoms with Gasteiger partial charge in [-0.05, 0) is 130 Å². The summed E-state index contributed by atoms with van der Waals surface area (Å²) in [4.78, 5) is 0. The second-order valence-electron chi connectivity index (χ2n) is 11.8. The maximum absolute atomic E-state index is 6.13. The Balaban J connectivity index is 0.831. The lowest BCUT2D eigenvalue weighted by Gasteiger charge is -2.14. The van der Waals surface area contributed by atoms with Gasteiger partial charge in [-0.15, -0.1) is 0 Å². The second-order valence-corrected chi connectivity index (χ2v) is 11.8. The van der Waals surface area contributed by atoms with Crippen LogP contribution in [0.25, 0.3) is 0 Å². The van der Waals surface area contributed by atoms with Crippen molar-refractivity contribution in [3.63, 3.8) is 0 Å². The Bertz CT molecular complexity index is 1660. The number of ether oxygens (including phenoxy) is 6. The molecule has 6 heteroatoms. The van der Waals surface area contributed by atoms with Crippen molar-refractivity contribution in [3.8, 4) is 46.7 Å². The van der Waals surface area contributed by atoms with Crippen molar-refractivity contribution in [3.05, 3.63) is 119 Å². The fourth-order valence-electron chi connectivity index (χ4n) is 4.71. The van der Waals surface area contributed by atoms with Crippen LogP contribution in [0, 0.1) is 23.7 Å². The third-order valence-corrected chi connectivity index (χ3v) is 7.66. The van der Waals surface area contributed by atoms with E-state index in [4.69, 9.17) is 28.4 Å². The smallest absolute Gasteiger partial charge is 0.119 e. The number of hydrogen-bond donors (Lipinski definition) is 0. The first-order chi connectivity index (χ1) is 23.1. The molecule has 4 aromatic rings. The number of unbranched alkanes of at least 4 members (excludes halogenated alkanes) is 2. The minimum Gasteiger partial charge on any atom is -0.494 e. The molecule has 0 aromatic heterocycles. The van der Waals surface area contributed by atoms with Crippen LogP contribution in [0.2, 0.25) is 0 Å². The van der Waals surface area contributed by atoms with Crippen LogP contribution in [-0.4, -0.2) is 51.3 Å². The average Bonchev–Trinajstić information content (AvgIpc) is 4.05. The standard InChI is InChI=1S/C41H40O6/c1-31(47-39-24-16-35(17-25-39)9-8-34-14-22-38(23-15-34)44-28-41-30-46-41)5-3-2-4-26-42-36-18-10-32(11-19-36)6-7-33-12-20-37(21-13-33)43-27-40-29-45-40/h10-25,31,40-41H,2-5,26-30H2,1H3. The molecule has 0 N–H and O–H groups in total. The molecule has 0 bridgehead atoms. The fraction of sp³-hybridized carbons (Fsp3) is 0.317. The fourth-order valence-corrected chi connectivity index (χ4v) is 4.71. The Kier molecular flexibility index (Phi) is 11.3. The van der Waals surface area contributed by atoms with Crippen molar-refractivity contribution in [2.75, 3.05) is 33.0 Å². The van der Waals surface area contributed by atoms with Gasteiger partial charge in [0.1, 0.15) is 48.4 Å². The maximum atomic E-state index is 6.13. The van der Waals surface area contributed by atoms with Gasteiger partial charge in [0.05, 0.1) is 25.9 Å². The lowest BCUT2D eigenvalue weighted by atomic mass is 10.1. The SMILES string of the molecule is CC(CCCCCOc1ccc(C#Cc2ccc(OCC3CO3)cc2)cc1)Oc1ccc(C#Cc2ccc(OCC3CO3)cc2)cc1. The van der Waals surface area contributed by atoms with E-state index in [1.807, 2.05) is 97.1 Å². The largest absolute Gasteiger partial charge is 0.494 e. The van der Waals surface area contributed by atoms with Crippen LogP contribution in [0.15, 0.2) is 97.1 Å². The van der Waals surface area contributed by atoms with Crippen molar-refractivity contribution in [2.24, 2.45) is 0 Å². The molecule has 2 heterocycles. The zero-order valence-electron chi connectivity index (χ0n) is 26.8. The third kappa shape index (κ3) is 11.5. The van der Waals surface area contributed by atoms with Gasteiger partial charge >= 0.3 is 0 Å². The summed E-state index contributed by atoms with van der Waals surface area (Å²) in [6.07, 6.45) is 4.82. The van der Waals surface area contributed by atoms with Gasteiger partial charge in [-0.3, -0.25) is 0 Å². The van der Waals surface area contributed by atoms with Crippen LogP contribution in [0.1, 0.15) is 54.9 Å². The molecule has 47 heavy (non-hydrogen) atoms. The highest BCUT2D eigenvalue weighted by molar-refractivity contribution is 5.46. The van der Waals surface area contributed by atoms with Crippen LogP contribution in [0.4, 0.5) is 0 Å². The normalized spacial score (nSPS) is 16.4.